The van der Waals surface area contributed by atoms with Crippen LogP contribution in [0, 0.1) is 0 Å². The summed E-state index contributed by atoms with van der Waals surface area (Å²) in [5, 5.41) is 3.56. The van der Waals surface area contributed by atoms with Crippen LogP contribution in [0.25, 0.3) is 0 Å². The van der Waals surface area contributed by atoms with Gasteiger partial charge in [0.05, 0.1) is 6.04 Å². The zero-order valence-corrected chi connectivity index (χ0v) is 8.59. The van der Waals surface area contributed by atoms with E-state index in [-0.39, 0.29) is 11.6 Å². The fraction of sp³-hybridized carbons (Fsp3) is 0.200. The van der Waals surface area contributed by atoms with Gasteiger partial charge < -0.3 is 15.0 Å². The van der Waals surface area contributed by atoms with Gasteiger partial charge in [0, 0.05) is 5.56 Å². The van der Waals surface area contributed by atoms with E-state index >= 15 is 0 Å². The Labute approximate surface area is 95.2 Å². The van der Waals surface area contributed by atoms with Crippen molar-refractivity contribution in [2.75, 3.05) is 0 Å². The van der Waals surface area contributed by atoms with Crippen LogP contribution in [0.15, 0.2) is 35.2 Å². The summed E-state index contributed by atoms with van der Waals surface area (Å²) in [7, 11) is 0. The van der Waals surface area contributed by atoms with Crippen molar-refractivity contribution in [3.8, 4) is 5.75 Å². The van der Waals surface area contributed by atoms with Crippen LogP contribution in [0.2, 0.25) is 0 Å². The summed E-state index contributed by atoms with van der Waals surface area (Å²) in [5.41, 5.74) is 6.20. The van der Waals surface area contributed by atoms with Crippen LogP contribution in [0.1, 0.15) is 17.4 Å². The first-order valence-corrected chi connectivity index (χ1v) is 4.74. The molecular weight excluding hydrogens is 232 g/mol. The number of alkyl halides is 2. The molecule has 0 radical (unpaired) electrons. The number of benzene rings is 1. The molecule has 0 fully saturated rings. The first kappa shape index (κ1) is 11.5. The Bertz CT molecular complexity index is 476. The molecular formula is C10H9F2N3O2. The molecule has 0 saturated carbocycles. The van der Waals surface area contributed by atoms with Crippen LogP contribution < -0.4 is 10.5 Å². The minimum atomic E-state index is -2.91. The topological polar surface area (TPSA) is 74.2 Å². The first-order valence-electron chi connectivity index (χ1n) is 4.74. The molecule has 7 heteroatoms. The van der Waals surface area contributed by atoms with Gasteiger partial charge in [-0.15, -0.1) is 0 Å². The Morgan fingerprint density at radius 3 is 2.71 bits per heavy atom. The molecule has 0 bridgehead atoms. The lowest BCUT2D eigenvalue weighted by Gasteiger charge is -2.13. The molecule has 17 heavy (non-hydrogen) atoms. The minimum Gasteiger partial charge on any atom is -0.434 e. The van der Waals surface area contributed by atoms with E-state index in [1.807, 2.05) is 0 Å². The average Bonchev–Trinajstić information content (AvgIpc) is 2.81. The maximum absolute atomic E-state index is 12.2. The van der Waals surface area contributed by atoms with Gasteiger partial charge in [-0.25, -0.2) is 0 Å². The lowest BCUT2D eigenvalue weighted by molar-refractivity contribution is -0.0505. The summed E-state index contributed by atoms with van der Waals surface area (Å²) in [5.74, 6) is 0.204. The first-order chi connectivity index (χ1) is 8.18. The Morgan fingerprint density at radius 2 is 2.06 bits per heavy atom. The largest absolute Gasteiger partial charge is 0.434 e. The number of ether oxygens (including phenoxy) is 1. The Kier molecular flexibility index (Phi) is 3.29. The van der Waals surface area contributed by atoms with Gasteiger partial charge in [-0.1, -0.05) is 23.4 Å². The molecule has 2 rings (SSSR count). The molecule has 0 amide bonds. The third-order valence-corrected chi connectivity index (χ3v) is 2.13. The highest BCUT2D eigenvalue weighted by molar-refractivity contribution is 5.38. The average molecular weight is 241 g/mol. The lowest BCUT2D eigenvalue weighted by Crippen LogP contribution is -2.16. The molecule has 1 heterocycles. The summed E-state index contributed by atoms with van der Waals surface area (Å²) in [6.07, 6.45) is 1.12. The van der Waals surface area contributed by atoms with Gasteiger partial charge in [-0.3, -0.25) is 0 Å². The molecule has 1 unspecified atom stereocenters. The van der Waals surface area contributed by atoms with Crippen molar-refractivity contribution in [2.45, 2.75) is 12.7 Å². The standard InChI is InChI=1S/C10H9F2N3O2/c11-10(12)17-7-4-2-1-3-6(7)8(13)9-14-5-16-15-9/h1-5,8,10H,13H2. The molecule has 1 atom stereocenters. The van der Waals surface area contributed by atoms with Gasteiger partial charge in [0.1, 0.15) is 5.75 Å². The molecule has 2 aromatic rings. The Balaban J connectivity index is 2.31. The number of hydrogen-bond donors (Lipinski definition) is 1. The van der Waals surface area contributed by atoms with Crippen LogP contribution >= 0.6 is 0 Å². The predicted molar refractivity (Wildman–Crippen MR) is 53.4 cm³/mol. The van der Waals surface area contributed by atoms with E-state index < -0.39 is 12.7 Å². The number of aromatic nitrogens is 2. The molecule has 0 aliphatic carbocycles. The van der Waals surface area contributed by atoms with Crippen molar-refractivity contribution in [3.05, 3.63) is 42.0 Å². The third kappa shape index (κ3) is 2.56. The molecule has 5 nitrogen and oxygen atoms in total. The van der Waals surface area contributed by atoms with Crippen molar-refractivity contribution in [2.24, 2.45) is 5.73 Å². The number of rotatable bonds is 4. The highest BCUT2D eigenvalue weighted by atomic mass is 19.3. The lowest BCUT2D eigenvalue weighted by atomic mass is 10.1. The normalized spacial score (nSPS) is 12.7. The van der Waals surface area contributed by atoms with Crippen molar-refractivity contribution < 1.29 is 18.0 Å². The zero-order valence-electron chi connectivity index (χ0n) is 8.59. The summed E-state index contributed by atoms with van der Waals surface area (Å²) in [4.78, 5) is 3.77. The van der Waals surface area contributed by atoms with Crippen LogP contribution in [0.4, 0.5) is 8.78 Å². The number of nitrogens with zero attached hydrogens (tertiary/aromatic N) is 2. The quantitative estimate of drug-likeness (QED) is 0.882. The van der Waals surface area contributed by atoms with Crippen LogP contribution in [-0.2, 0) is 0 Å². The van der Waals surface area contributed by atoms with Gasteiger partial charge in [0.15, 0.2) is 5.82 Å². The second-order valence-corrected chi connectivity index (χ2v) is 3.18. The van der Waals surface area contributed by atoms with Gasteiger partial charge in [0.2, 0.25) is 6.39 Å². The maximum Gasteiger partial charge on any atom is 0.387 e. The molecule has 1 aromatic heterocycles. The predicted octanol–water partition coefficient (Wildman–Crippen LogP) is 1.72. The second kappa shape index (κ2) is 4.88. The third-order valence-electron chi connectivity index (χ3n) is 2.13. The number of hydrogen-bond acceptors (Lipinski definition) is 5. The highest BCUT2D eigenvalue weighted by Gasteiger charge is 2.19. The van der Waals surface area contributed by atoms with Gasteiger partial charge in [-0.05, 0) is 6.07 Å². The van der Waals surface area contributed by atoms with E-state index in [1.165, 1.54) is 6.07 Å². The fourth-order valence-corrected chi connectivity index (χ4v) is 1.40. The van der Waals surface area contributed by atoms with Crippen molar-refractivity contribution in [1.82, 2.24) is 10.1 Å². The van der Waals surface area contributed by atoms with E-state index in [2.05, 4.69) is 19.4 Å². The number of nitrogens with two attached hydrogens (primary N) is 1. The number of halogens is 2. The number of para-hydroxylation sites is 1. The van der Waals surface area contributed by atoms with E-state index in [9.17, 15) is 8.78 Å². The Morgan fingerprint density at radius 1 is 1.29 bits per heavy atom. The highest BCUT2D eigenvalue weighted by Crippen LogP contribution is 2.27. The van der Waals surface area contributed by atoms with Gasteiger partial charge in [-0.2, -0.15) is 13.8 Å². The second-order valence-electron chi connectivity index (χ2n) is 3.18. The van der Waals surface area contributed by atoms with E-state index in [0.717, 1.165) is 6.39 Å². The summed E-state index contributed by atoms with van der Waals surface area (Å²) in [6, 6.07) is 5.43. The monoisotopic (exact) mass is 241 g/mol. The smallest absolute Gasteiger partial charge is 0.387 e. The summed E-state index contributed by atoms with van der Waals surface area (Å²) >= 11 is 0. The molecule has 0 spiro atoms. The van der Waals surface area contributed by atoms with Gasteiger partial charge >= 0.3 is 6.61 Å². The molecule has 0 aliphatic heterocycles. The summed E-state index contributed by atoms with van der Waals surface area (Å²) < 4.78 is 33.3. The van der Waals surface area contributed by atoms with Gasteiger partial charge in [0.25, 0.3) is 0 Å². The maximum atomic E-state index is 12.2. The summed E-state index contributed by atoms with van der Waals surface area (Å²) in [6.45, 7) is -2.91. The molecule has 1 aromatic carbocycles. The van der Waals surface area contributed by atoms with Crippen LogP contribution in [-0.4, -0.2) is 16.8 Å². The van der Waals surface area contributed by atoms with E-state index in [1.54, 1.807) is 18.2 Å². The minimum absolute atomic E-state index is 0.000185. The van der Waals surface area contributed by atoms with Crippen LogP contribution in [0.5, 0.6) is 5.75 Å². The molecule has 90 valence electrons. The Hall–Kier alpha value is -2.02. The van der Waals surface area contributed by atoms with E-state index in [0.29, 0.717) is 5.56 Å². The molecule has 0 saturated heterocycles. The van der Waals surface area contributed by atoms with Crippen LogP contribution in [0.3, 0.4) is 0 Å². The molecule has 0 aliphatic rings. The molecule has 2 N–H and O–H groups in total. The fourth-order valence-electron chi connectivity index (χ4n) is 1.40. The van der Waals surface area contributed by atoms with Crippen molar-refractivity contribution in [1.29, 1.82) is 0 Å². The SMILES string of the molecule is NC(c1ncon1)c1ccccc1OC(F)F. The van der Waals surface area contributed by atoms with Crippen molar-refractivity contribution in [3.63, 3.8) is 0 Å². The van der Waals surface area contributed by atoms with E-state index in [4.69, 9.17) is 5.73 Å². The zero-order chi connectivity index (χ0) is 12.3. The van der Waals surface area contributed by atoms with Crippen molar-refractivity contribution >= 4 is 0 Å².